The Morgan fingerprint density at radius 3 is 2.56 bits per heavy atom. The Labute approximate surface area is 158 Å². The van der Waals surface area contributed by atoms with Gasteiger partial charge in [-0.2, -0.15) is 4.39 Å². The van der Waals surface area contributed by atoms with Gasteiger partial charge in [-0.05, 0) is 44.7 Å². The number of unbranched alkanes of at least 4 members (excludes halogenated alkanes) is 1. The Bertz CT molecular complexity index is 598. The fourth-order valence-electron chi connectivity index (χ4n) is 1.95. The van der Waals surface area contributed by atoms with Crippen LogP contribution in [0.1, 0.15) is 39.2 Å². The number of hydrogen-bond donors (Lipinski definition) is 0. The summed E-state index contributed by atoms with van der Waals surface area (Å²) in [4.78, 5) is 5.14. The third-order valence-electron chi connectivity index (χ3n) is 3.09. The SMILES string of the molecule is CCc1cc(OC/C=C(/F)Cl)cc(Cl)c1OCCCCON=C(C)C. The maximum absolute atomic E-state index is 12.5. The zero-order chi connectivity index (χ0) is 18.7. The van der Waals surface area contributed by atoms with Crippen molar-refractivity contribution in [1.29, 1.82) is 0 Å². The predicted molar refractivity (Wildman–Crippen MR) is 101 cm³/mol. The highest BCUT2D eigenvalue weighted by molar-refractivity contribution is 6.32. The van der Waals surface area contributed by atoms with Gasteiger partial charge >= 0.3 is 0 Å². The maximum Gasteiger partial charge on any atom is 0.188 e. The number of oxime groups is 1. The largest absolute Gasteiger partial charge is 0.492 e. The van der Waals surface area contributed by atoms with Gasteiger partial charge in [0.15, 0.2) is 5.29 Å². The summed E-state index contributed by atoms with van der Waals surface area (Å²) in [6, 6.07) is 3.49. The zero-order valence-electron chi connectivity index (χ0n) is 14.8. The fraction of sp³-hybridized carbons (Fsp3) is 0.500. The Hall–Kier alpha value is -1.46. The van der Waals surface area contributed by atoms with E-state index in [1.807, 2.05) is 26.8 Å². The van der Waals surface area contributed by atoms with Crippen LogP contribution in [0.2, 0.25) is 5.02 Å². The van der Waals surface area contributed by atoms with E-state index >= 15 is 0 Å². The van der Waals surface area contributed by atoms with Gasteiger partial charge in [0.2, 0.25) is 0 Å². The van der Waals surface area contributed by atoms with E-state index in [2.05, 4.69) is 5.16 Å². The lowest BCUT2D eigenvalue weighted by Gasteiger charge is -2.14. The molecule has 1 rings (SSSR count). The minimum absolute atomic E-state index is 0.0364. The molecule has 0 N–H and O–H groups in total. The molecule has 0 bridgehead atoms. The number of ether oxygens (including phenoxy) is 2. The van der Waals surface area contributed by atoms with Crippen LogP contribution in [0.3, 0.4) is 0 Å². The third-order valence-corrected chi connectivity index (χ3v) is 3.52. The van der Waals surface area contributed by atoms with Crippen LogP contribution in [0.4, 0.5) is 4.39 Å². The van der Waals surface area contributed by atoms with Crippen LogP contribution < -0.4 is 9.47 Å². The normalized spacial score (nSPS) is 11.2. The molecule has 0 aromatic heterocycles. The van der Waals surface area contributed by atoms with Crippen LogP contribution in [0, 0.1) is 0 Å². The molecule has 0 saturated heterocycles. The van der Waals surface area contributed by atoms with Gasteiger partial charge in [-0.3, -0.25) is 0 Å². The molecule has 1 aromatic rings. The average molecular weight is 392 g/mol. The second-order valence-corrected chi connectivity index (χ2v) is 6.25. The molecule has 0 heterocycles. The molecule has 0 aliphatic carbocycles. The van der Waals surface area contributed by atoms with E-state index in [1.54, 1.807) is 6.07 Å². The second-order valence-electron chi connectivity index (χ2n) is 5.48. The predicted octanol–water partition coefficient (Wildman–Crippen LogP) is 5.90. The molecule has 140 valence electrons. The lowest BCUT2D eigenvalue weighted by Crippen LogP contribution is -2.03. The van der Waals surface area contributed by atoms with Gasteiger partial charge in [0.25, 0.3) is 0 Å². The molecule has 25 heavy (non-hydrogen) atoms. The van der Waals surface area contributed by atoms with Gasteiger partial charge in [0.1, 0.15) is 24.7 Å². The van der Waals surface area contributed by atoms with E-state index in [4.69, 9.17) is 37.5 Å². The summed E-state index contributed by atoms with van der Waals surface area (Å²) in [6.45, 7) is 6.89. The van der Waals surface area contributed by atoms with E-state index < -0.39 is 5.29 Å². The molecular formula is C18H24Cl2FNO3. The first kappa shape index (κ1) is 21.6. The Morgan fingerprint density at radius 1 is 1.20 bits per heavy atom. The summed E-state index contributed by atoms with van der Waals surface area (Å²) >= 11 is 11.4. The van der Waals surface area contributed by atoms with Gasteiger partial charge in [0, 0.05) is 12.1 Å². The van der Waals surface area contributed by atoms with Crippen molar-refractivity contribution in [3.05, 3.63) is 34.1 Å². The van der Waals surface area contributed by atoms with E-state index in [-0.39, 0.29) is 6.61 Å². The summed E-state index contributed by atoms with van der Waals surface area (Å²) < 4.78 is 23.7. The molecule has 0 fully saturated rings. The van der Waals surface area contributed by atoms with E-state index in [0.29, 0.717) is 29.7 Å². The summed E-state index contributed by atoms with van der Waals surface area (Å²) in [6.07, 6.45) is 3.54. The minimum atomic E-state index is -0.800. The minimum Gasteiger partial charge on any atom is -0.492 e. The highest BCUT2D eigenvalue weighted by Gasteiger charge is 2.11. The molecule has 1 aromatic carbocycles. The molecule has 0 saturated carbocycles. The smallest absolute Gasteiger partial charge is 0.188 e. The van der Waals surface area contributed by atoms with Crippen molar-refractivity contribution in [3.8, 4) is 11.5 Å². The van der Waals surface area contributed by atoms with Crippen LogP contribution in [-0.4, -0.2) is 25.5 Å². The highest BCUT2D eigenvalue weighted by Crippen LogP contribution is 2.34. The lowest BCUT2D eigenvalue weighted by molar-refractivity contribution is 0.135. The first-order chi connectivity index (χ1) is 11.9. The maximum atomic E-state index is 12.5. The van der Waals surface area contributed by atoms with Crippen LogP contribution in [0.15, 0.2) is 28.7 Å². The van der Waals surface area contributed by atoms with Gasteiger partial charge in [0.05, 0.1) is 17.3 Å². The summed E-state index contributed by atoms with van der Waals surface area (Å²) in [5, 5.41) is 3.54. The van der Waals surface area contributed by atoms with E-state index in [0.717, 1.165) is 36.6 Å². The molecular weight excluding hydrogens is 368 g/mol. The number of benzene rings is 1. The number of nitrogens with zero attached hydrogens (tertiary/aromatic N) is 1. The number of hydrogen-bond acceptors (Lipinski definition) is 4. The molecule has 0 radical (unpaired) electrons. The standard InChI is InChI=1S/C18H24Cl2FNO3/c1-4-14-11-15(23-10-7-17(20)21)12-16(19)18(14)24-8-5-6-9-25-22-13(2)3/h7,11-12H,4-6,8-10H2,1-3H3/b17-7+. The number of rotatable bonds is 11. The zero-order valence-corrected chi connectivity index (χ0v) is 16.3. The highest BCUT2D eigenvalue weighted by atomic mass is 35.5. The first-order valence-corrected chi connectivity index (χ1v) is 8.92. The average Bonchev–Trinajstić information content (AvgIpc) is 2.54. The van der Waals surface area contributed by atoms with Gasteiger partial charge in [-0.25, -0.2) is 0 Å². The quantitative estimate of drug-likeness (QED) is 0.267. The number of halogens is 3. The van der Waals surface area contributed by atoms with Crippen LogP contribution in [-0.2, 0) is 11.3 Å². The van der Waals surface area contributed by atoms with Gasteiger partial charge < -0.3 is 14.3 Å². The lowest BCUT2D eigenvalue weighted by atomic mass is 10.1. The van der Waals surface area contributed by atoms with E-state index in [1.165, 1.54) is 0 Å². The van der Waals surface area contributed by atoms with E-state index in [9.17, 15) is 4.39 Å². The third kappa shape index (κ3) is 8.98. The van der Waals surface area contributed by atoms with Crippen molar-refractivity contribution in [3.63, 3.8) is 0 Å². The monoisotopic (exact) mass is 391 g/mol. The topological polar surface area (TPSA) is 40.0 Å². The van der Waals surface area contributed by atoms with Crippen molar-refractivity contribution in [2.45, 2.75) is 40.0 Å². The first-order valence-electron chi connectivity index (χ1n) is 8.16. The van der Waals surface area contributed by atoms with Crippen LogP contribution in [0.5, 0.6) is 11.5 Å². The van der Waals surface area contributed by atoms with Crippen molar-refractivity contribution < 1.29 is 18.7 Å². The molecule has 4 nitrogen and oxygen atoms in total. The van der Waals surface area contributed by atoms with Gasteiger partial charge in [-0.15, -0.1) is 0 Å². The fourth-order valence-corrected chi connectivity index (χ4v) is 2.30. The van der Waals surface area contributed by atoms with Crippen molar-refractivity contribution >= 4 is 28.9 Å². The summed E-state index contributed by atoms with van der Waals surface area (Å²) in [5.74, 6) is 1.20. The van der Waals surface area contributed by atoms with Gasteiger partial charge in [-0.1, -0.05) is 35.3 Å². The summed E-state index contributed by atoms with van der Waals surface area (Å²) in [7, 11) is 0. The number of aryl methyl sites for hydroxylation is 1. The molecule has 0 aliphatic rings. The molecule has 0 spiro atoms. The van der Waals surface area contributed by atoms with Crippen molar-refractivity contribution in [2.24, 2.45) is 5.16 Å². The van der Waals surface area contributed by atoms with Crippen LogP contribution >= 0.6 is 23.2 Å². The Kier molecular flexibility index (Phi) is 10.3. The summed E-state index contributed by atoms with van der Waals surface area (Å²) in [5.41, 5.74) is 1.82. The van der Waals surface area contributed by atoms with Crippen molar-refractivity contribution in [1.82, 2.24) is 0 Å². The Balaban J connectivity index is 2.53. The van der Waals surface area contributed by atoms with Crippen LogP contribution in [0.25, 0.3) is 0 Å². The van der Waals surface area contributed by atoms with Crippen molar-refractivity contribution in [2.75, 3.05) is 19.8 Å². The molecule has 0 atom stereocenters. The molecule has 0 amide bonds. The molecule has 7 heteroatoms. The molecule has 0 unspecified atom stereocenters. The molecule has 0 aliphatic heterocycles. The Morgan fingerprint density at radius 2 is 1.92 bits per heavy atom. The second kappa shape index (κ2) is 12.0.